The van der Waals surface area contributed by atoms with Crippen molar-refractivity contribution >= 4 is 38.7 Å². The van der Waals surface area contributed by atoms with Crippen LogP contribution in [0.1, 0.15) is 45.7 Å². The van der Waals surface area contributed by atoms with Gasteiger partial charge in [0.2, 0.25) is 0 Å². The molecule has 1 aliphatic carbocycles. The molecule has 30 heavy (non-hydrogen) atoms. The molecule has 0 aromatic heterocycles. The average molecular weight is 424 g/mol. The number of nitrogen functional groups attached to an aromatic ring is 1. The Morgan fingerprint density at radius 1 is 0.833 bits per heavy atom. The maximum Gasteiger partial charge on any atom is 0.296 e. The number of ketones is 2. The lowest BCUT2D eigenvalue weighted by Crippen LogP contribution is -2.25. The molecule has 0 aliphatic heterocycles. The monoisotopic (exact) mass is 424 g/mol. The van der Waals surface area contributed by atoms with Gasteiger partial charge in [0, 0.05) is 16.8 Å². The van der Waals surface area contributed by atoms with Crippen LogP contribution >= 0.6 is 0 Å². The Labute approximate surface area is 174 Å². The fourth-order valence-electron chi connectivity index (χ4n) is 3.28. The number of anilines is 3. The molecule has 7 nitrogen and oxygen atoms in total. The second-order valence-corrected chi connectivity index (χ2v) is 7.65. The van der Waals surface area contributed by atoms with Crippen LogP contribution in [0.3, 0.4) is 0 Å². The molecule has 0 spiro atoms. The quantitative estimate of drug-likeness (QED) is 0.334. The third-order valence-corrected chi connectivity index (χ3v) is 5.42. The topological polar surface area (TPSA) is 127 Å². The van der Waals surface area contributed by atoms with Crippen LogP contribution in [0.15, 0.2) is 65.6 Å². The summed E-state index contributed by atoms with van der Waals surface area (Å²) in [7, 11) is -4.73. The predicted molar refractivity (Wildman–Crippen MR) is 115 cm³/mol. The summed E-state index contributed by atoms with van der Waals surface area (Å²) in [6, 6.07) is 16.0. The minimum Gasteiger partial charge on any atom is -0.397 e. The van der Waals surface area contributed by atoms with Gasteiger partial charge in [-0.15, -0.1) is 0 Å². The minimum absolute atomic E-state index is 0.0301. The van der Waals surface area contributed by atoms with Crippen molar-refractivity contribution in [1.29, 1.82) is 0 Å². The van der Waals surface area contributed by atoms with E-state index in [0.29, 0.717) is 5.69 Å². The molecule has 3 aromatic carbocycles. The van der Waals surface area contributed by atoms with Crippen LogP contribution in [0.4, 0.5) is 17.1 Å². The minimum atomic E-state index is -4.73. The zero-order chi connectivity index (χ0) is 22.1. The van der Waals surface area contributed by atoms with Crippen molar-refractivity contribution in [2.24, 2.45) is 0 Å². The fourth-order valence-corrected chi connectivity index (χ4v) is 3.93. The maximum atomic E-state index is 13.1. The van der Waals surface area contributed by atoms with E-state index in [2.05, 4.69) is 5.32 Å². The van der Waals surface area contributed by atoms with E-state index in [1.165, 1.54) is 12.1 Å². The van der Waals surface area contributed by atoms with Crippen molar-refractivity contribution in [2.45, 2.75) is 18.7 Å². The lowest BCUT2D eigenvalue weighted by atomic mass is 9.82. The normalized spacial score (nSPS) is 12.4. The van der Waals surface area contributed by atoms with Crippen molar-refractivity contribution in [3.63, 3.8) is 0 Å². The summed E-state index contributed by atoms with van der Waals surface area (Å²) in [6.07, 6.45) is 0. The number of carbonyl (C=O) groups excluding carboxylic acids is 2. The Morgan fingerprint density at radius 3 is 1.87 bits per heavy atom. The molecule has 0 fully saturated rings. The summed E-state index contributed by atoms with van der Waals surface area (Å²) in [5.74, 6) is -1.04. The van der Waals surface area contributed by atoms with Crippen LogP contribution in [-0.4, -0.2) is 24.5 Å². The summed E-state index contributed by atoms with van der Waals surface area (Å²) in [5.41, 5.74) is 6.16. The number of rotatable bonds is 3. The van der Waals surface area contributed by atoms with Gasteiger partial charge in [0.05, 0.1) is 22.5 Å². The van der Waals surface area contributed by atoms with Gasteiger partial charge in [-0.25, -0.2) is 0 Å². The van der Waals surface area contributed by atoms with Crippen molar-refractivity contribution < 1.29 is 22.6 Å². The van der Waals surface area contributed by atoms with Crippen molar-refractivity contribution in [3.8, 4) is 0 Å². The van der Waals surface area contributed by atoms with E-state index in [1.54, 1.807) is 42.5 Å². The van der Waals surface area contributed by atoms with Gasteiger partial charge in [-0.1, -0.05) is 56.3 Å². The number of carbonyl (C=O) groups is 2. The van der Waals surface area contributed by atoms with Gasteiger partial charge in [-0.05, 0) is 18.2 Å². The Bertz CT molecular complexity index is 1250. The predicted octanol–water partition coefficient (Wildman–Crippen LogP) is 4.06. The Balaban J connectivity index is 0.00000124. The highest BCUT2D eigenvalue weighted by Crippen LogP contribution is 2.39. The number of nitrogens with one attached hydrogen (secondary N) is 1. The Hall–Kier alpha value is -3.49. The van der Waals surface area contributed by atoms with E-state index >= 15 is 0 Å². The second kappa shape index (κ2) is 8.10. The standard InChI is InChI=1S/C20H14N2O5S.C2H6/c21-18-15(28(25,26)27)10-14(22-11-6-2-1-3-7-11)16-17(18)20(24)13-9-5-4-8-12(13)19(16)23;1-2/h1-10,22H,21H2,(H,25,26,27);1-2H3. The number of para-hydroxylation sites is 1. The molecule has 4 rings (SSSR count). The van der Waals surface area contributed by atoms with Crippen LogP contribution < -0.4 is 11.1 Å². The van der Waals surface area contributed by atoms with E-state index in [9.17, 15) is 22.6 Å². The number of fused-ring (bicyclic) bond motifs is 2. The number of benzene rings is 3. The van der Waals surface area contributed by atoms with Gasteiger partial charge < -0.3 is 11.1 Å². The van der Waals surface area contributed by atoms with E-state index < -0.39 is 32.3 Å². The molecule has 0 radical (unpaired) electrons. The number of nitrogens with two attached hydrogens (primary N) is 1. The Morgan fingerprint density at radius 2 is 1.33 bits per heavy atom. The maximum absolute atomic E-state index is 13.1. The molecule has 3 aromatic rings. The van der Waals surface area contributed by atoms with Crippen LogP contribution in [0.2, 0.25) is 0 Å². The third kappa shape index (κ3) is 3.58. The summed E-state index contributed by atoms with van der Waals surface area (Å²) < 4.78 is 33.2. The van der Waals surface area contributed by atoms with Crippen molar-refractivity contribution in [1.82, 2.24) is 0 Å². The first-order valence-corrected chi connectivity index (χ1v) is 10.7. The molecule has 1 aliphatic rings. The lowest BCUT2D eigenvalue weighted by molar-refractivity contribution is 0.0980. The zero-order valence-corrected chi connectivity index (χ0v) is 17.2. The highest BCUT2D eigenvalue weighted by molar-refractivity contribution is 7.86. The summed E-state index contributed by atoms with van der Waals surface area (Å²) in [4.78, 5) is 25.5. The van der Waals surface area contributed by atoms with E-state index in [-0.39, 0.29) is 27.9 Å². The van der Waals surface area contributed by atoms with E-state index in [1.807, 2.05) is 13.8 Å². The van der Waals surface area contributed by atoms with Gasteiger partial charge in [-0.3, -0.25) is 14.1 Å². The van der Waals surface area contributed by atoms with Crippen LogP contribution in [0, 0.1) is 0 Å². The van der Waals surface area contributed by atoms with Gasteiger partial charge in [0.25, 0.3) is 10.1 Å². The molecule has 0 atom stereocenters. The molecule has 8 heteroatoms. The van der Waals surface area contributed by atoms with Crippen LogP contribution in [-0.2, 0) is 10.1 Å². The largest absolute Gasteiger partial charge is 0.397 e. The molecule has 4 N–H and O–H groups in total. The molecule has 0 amide bonds. The first kappa shape index (κ1) is 21.2. The first-order valence-electron chi connectivity index (χ1n) is 9.23. The van der Waals surface area contributed by atoms with Crippen LogP contribution in [0.5, 0.6) is 0 Å². The van der Waals surface area contributed by atoms with Crippen molar-refractivity contribution in [2.75, 3.05) is 11.1 Å². The molecule has 0 bridgehead atoms. The zero-order valence-electron chi connectivity index (χ0n) is 16.3. The number of hydrogen-bond acceptors (Lipinski definition) is 6. The molecule has 0 saturated carbocycles. The summed E-state index contributed by atoms with van der Waals surface area (Å²) in [5, 5.41) is 2.95. The average Bonchev–Trinajstić information content (AvgIpc) is 2.74. The Kier molecular flexibility index (Phi) is 5.73. The fraction of sp³-hybridized carbons (Fsp3) is 0.0909. The van der Waals surface area contributed by atoms with Gasteiger partial charge in [0.15, 0.2) is 11.6 Å². The van der Waals surface area contributed by atoms with Crippen molar-refractivity contribution in [3.05, 3.63) is 82.9 Å². The second-order valence-electron chi connectivity index (χ2n) is 6.26. The molecular weight excluding hydrogens is 404 g/mol. The summed E-state index contributed by atoms with van der Waals surface area (Å²) >= 11 is 0. The van der Waals surface area contributed by atoms with E-state index in [0.717, 1.165) is 6.07 Å². The lowest BCUT2D eigenvalue weighted by Gasteiger charge is -2.23. The van der Waals surface area contributed by atoms with Gasteiger partial charge >= 0.3 is 0 Å². The molecule has 0 saturated heterocycles. The molecule has 0 unspecified atom stereocenters. The molecule has 154 valence electrons. The molecule has 0 heterocycles. The summed E-state index contributed by atoms with van der Waals surface area (Å²) in [6.45, 7) is 4.00. The van der Waals surface area contributed by atoms with Gasteiger partial charge in [0.1, 0.15) is 4.90 Å². The third-order valence-electron chi connectivity index (χ3n) is 4.53. The highest BCUT2D eigenvalue weighted by Gasteiger charge is 2.36. The molecular formula is C22H20N2O5S. The van der Waals surface area contributed by atoms with Crippen LogP contribution in [0.25, 0.3) is 0 Å². The van der Waals surface area contributed by atoms with E-state index in [4.69, 9.17) is 5.73 Å². The SMILES string of the molecule is CC.Nc1c(S(=O)(=O)O)cc(Nc2ccccc2)c2c1C(=O)c1ccccc1C2=O. The first-order chi connectivity index (χ1) is 14.3. The smallest absolute Gasteiger partial charge is 0.296 e. The van der Waals surface area contributed by atoms with Gasteiger partial charge in [-0.2, -0.15) is 8.42 Å². The number of hydrogen-bond donors (Lipinski definition) is 3. The highest BCUT2D eigenvalue weighted by atomic mass is 32.2.